The summed E-state index contributed by atoms with van der Waals surface area (Å²) in [6.07, 6.45) is 0. The summed E-state index contributed by atoms with van der Waals surface area (Å²) in [7, 11) is 0. The van der Waals surface area contributed by atoms with Gasteiger partial charge in [-0.3, -0.25) is 0 Å². The average molecular weight is 106 g/mol. The van der Waals surface area contributed by atoms with Gasteiger partial charge in [0, 0.05) is 0 Å². The van der Waals surface area contributed by atoms with Gasteiger partial charge in [0.15, 0.2) is 0 Å². The molecule has 0 aromatic rings. The molecule has 7 heavy (non-hydrogen) atoms. The van der Waals surface area contributed by atoms with Gasteiger partial charge in [0.2, 0.25) is 0 Å². The third-order valence-corrected chi connectivity index (χ3v) is 0.287. The van der Waals surface area contributed by atoms with Gasteiger partial charge in [0.1, 0.15) is 0 Å². The van der Waals surface area contributed by atoms with Gasteiger partial charge in [-0.2, -0.15) is 0 Å². The summed E-state index contributed by atoms with van der Waals surface area (Å²) >= 11 is 0. The van der Waals surface area contributed by atoms with Crippen molar-refractivity contribution in [2.45, 2.75) is 26.4 Å². The van der Waals surface area contributed by atoms with E-state index >= 15 is 0 Å². The van der Waals surface area contributed by atoms with Gasteiger partial charge in [-0.15, -0.1) is 0 Å². The highest BCUT2D eigenvalue weighted by molar-refractivity contribution is 4.53. The van der Waals surface area contributed by atoms with Crippen molar-refractivity contribution in [2.24, 2.45) is 0 Å². The molecule has 0 bridgehead atoms. The van der Waals surface area contributed by atoms with Gasteiger partial charge in [-0.1, -0.05) is 5.04 Å². The molecule has 44 valence electrons. The largest absolute Gasteiger partial charge is 0.221 e. The average Bonchev–Trinajstić information content (AvgIpc) is 1.30. The van der Waals surface area contributed by atoms with Gasteiger partial charge in [-0.05, 0) is 20.8 Å². The monoisotopic (exact) mass is 106 g/mol. The molecule has 0 saturated heterocycles. The molecule has 0 heterocycles. The van der Waals surface area contributed by atoms with E-state index in [1.165, 1.54) is 0 Å². The highest BCUT2D eigenvalue weighted by Gasteiger charge is 2.10. The van der Waals surface area contributed by atoms with Gasteiger partial charge >= 0.3 is 0 Å². The Morgan fingerprint density at radius 3 is 1.71 bits per heavy atom. The van der Waals surface area contributed by atoms with Crippen LogP contribution in [0.3, 0.4) is 0 Å². The fourth-order valence-corrected chi connectivity index (χ4v) is 0.112. The van der Waals surface area contributed by atoms with E-state index in [0.717, 1.165) is 0 Å². The first-order valence-corrected chi connectivity index (χ1v) is 2.05. The summed E-state index contributed by atoms with van der Waals surface area (Å²) in [5, 5.41) is 11.1. The Morgan fingerprint density at radius 1 is 1.29 bits per heavy atom. The van der Waals surface area contributed by atoms with E-state index in [2.05, 4.69) is 9.93 Å². The van der Waals surface area contributed by atoms with Crippen molar-refractivity contribution >= 4 is 0 Å². The summed E-state index contributed by atoms with van der Waals surface area (Å²) < 4.78 is 0. The van der Waals surface area contributed by atoms with Gasteiger partial charge in [-0.25, -0.2) is 10.1 Å². The Hall–Kier alpha value is -0.120. The third kappa shape index (κ3) is 5.88. The van der Waals surface area contributed by atoms with E-state index in [0.29, 0.717) is 0 Å². The zero-order chi connectivity index (χ0) is 5.91. The first-order chi connectivity index (χ1) is 3.06. The summed E-state index contributed by atoms with van der Waals surface area (Å²) in [5.41, 5.74) is -0.422. The van der Waals surface area contributed by atoms with Crippen LogP contribution in [0.4, 0.5) is 0 Å². The standard InChI is InChI=1S/C4H10O3/c1-4(2,3)6-7-5/h5H,1-3H3. The second kappa shape index (κ2) is 2.26. The Labute approximate surface area is 42.7 Å². The summed E-state index contributed by atoms with van der Waals surface area (Å²) in [6.45, 7) is 5.30. The van der Waals surface area contributed by atoms with Crippen LogP contribution in [0.1, 0.15) is 20.8 Å². The molecule has 0 saturated carbocycles. The highest BCUT2D eigenvalue weighted by Crippen LogP contribution is 2.04. The molecule has 0 aliphatic carbocycles. The molecule has 0 amide bonds. The molecule has 0 aliphatic heterocycles. The van der Waals surface area contributed by atoms with E-state index in [1.807, 2.05) is 0 Å². The van der Waals surface area contributed by atoms with Crippen LogP contribution in [0.2, 0.25) is 0 Å². The maximum Gasteiger partial charge on any atom is 0.0983 e. The zero-order valence-corrected chi connectivity index (χ0v) is 4.76. The second-order valence-electron chi connectivity index (χ2n) is 2.27. The van der Waals surface area contributed by atoms with Gasteiger partial charge < -0.3 is 0 Å². The van der Waals surface area contributed by atoms with Gasteiger partial charge in [0.05, 0.1) is 5.60 Å². The normalized spacial score (nSPS) is 12.0. The zero-order valence-electron chi connectivity index (χ0n) is 4.76. The number of hydrogen-bond donors (Lipinski definition) is 1. The van der Waals surface area contributed by atoms with Crippen molar-refractivity contribution in [1.82, 2.24) is 0 Å². The van der Waals surface area contributed by atoms with Crippen LogP contribution in [0.15, 0.2) is 0 Å². The molecule has 0 fully saturated rings. The quantitative estimate of drug-likeness (QED) is 0.403. The predicted molar refractivity (Wildman–Crippen MR) is 24.6 cm³/mol. The van der Waals surface area contributed by atoms with Crippen molar-refractivity contribution in [3.8, 4) is 0 Å². The number of hydrogen-bond acceptors (Lipinski definition) is 3. The van der Waals surface area contributed by atoms with Crippen molar-refractivity contribution in [3.05, 3.63) is 0 Å². The topological polar surface area (TPSA) is 38.7 Å². The second-order valence-corrected chi connectivity index (χ2v) is 2.27. The molecule has 1 N–H and O–H groups in total. The maximum absolute atomic E-state index is 7.68. The fourth-order valence-electron chi connectivity index (χ4n) is 0.112. The molecule has 0 rings (SSSR count). The van der Waals surface area contributed by atoms with Crippen LogP contribution in [0, 0.1) is 0 Å². The molecule has 0 spiro atoms. The molecule has 0 unspecified atom stereocenters. The van der Waals surface area contributed by atoms with Crippen LogP contribution in [-0.4, -0.2) is 10.9 Å². The van der Waals surface area contributed by atoms with Crippen LogP contribution < -0.4 is 0 Å². The smallest absolute Gasteiger partial charge is 0.0983 e. The lowest BCUT2D eigenvalue weighted by Gasteiger charge is -2.12. The first kappa shape index (κ1) is 6.88. The Morgan fingerprint density at radius 2 is 1.71 bits per heavy atom. The minimum atomic E-state index is -0.422. The van der Waals surface area contributed by atoms with E-state index < -0.39 is 5.60 Å². The predicted octanol–water partition coefficient (Wildman–Crippen LogP) is 1.21. The third-order valence-electron chi connectivity index (χ3n) is 0.287. The number of rotatable bonds is 1. The van der Waals surface area contributed by atoms with Crippen LogP contribution >= 0.6 is 0 Å². The molecular weight excluding hydrogens is 96.0 g/mol. The van der Waals surface area contributed by atoms with E-state index in [4.69, 9.17) is 5.26 Å². The van der Waals surface area contributed by atoms with Crippen molar-refractivity contribution in [1.29, 1.82) is 0 Å². The lowest BCUT2D eigenvalue weighted by molar-refractivity contribution is -0.519. The van der Waals surface area contributed by atoms with E-state index in [-0.39, 0.29) is 0 Å². The van der Waals surface area contributed by atoms with Crippen molar-refractivity contribution in [2.75, 3.05) is 0 Å². The molecule has 0 radical (unpaired) electrons. The molecular formula is C4H10O3. The minimum Gasteiger partial charge on any atom is -0.221 e. The lowest BCUT2D eigenvalue weighted by atomic mass is 10.2. The molecule has 0 aliphatic rings. The van der Waals surface area contributed by atoms with E-state index in [1.54, 1.807) is 20.8 Å². The first-order valence-electron chi connectivity index (χ1n) is 2.05. The van der Waals surface area contributed by atoms with Crippen LogP contribution in [0.5, 0.6) is 0 Å². The molecule has 0 aromatic heterocycles. The fraction of sp³-hybridized carbons (Fsp3) is 1.00. The summed E-state index contributed by atoms with van der Waals surface area (Å²) in [6, 6.07) is 0. The molecule has 3 heteroatoms. The molecule has 0 atom stereocenters. The highest BCUT2D eigenvalue weighted by atomic mass is 17.5. The Balaban J connectivity index is 3.15. The SMILES string of the molecule is CC(C)(C)OOO. The Bertz CT molecular complexity index is 45.4. The van der Waals surface area contributed by atoms with Gasteiger partial charge in [0.25, 0.3) is 0 Å². The van der Waals surface area contributed by atoms with Crippen LogP contribution in [0.25, 0.3) is 0 Å². The Kier molecular flexibility index (Phi) is 2.22. The van der Waals surface area contributed by atoms with E-state index in [9.17, 15) is 0 Å². The summed E-state index contributed by atoms with van der Waals surface area (Å²) in [4.78, 5) is 4.28. The summed E-state index contributed by atoms with van der Waals surface area (Å²) in [5.74, 6) is 0. The minimum absolute atomic E-state index is 0.422. The lowest BCUT2D eigenvalue weighted by Crippen LogP contribution is -2.17. The van der Waals surface area contributed by atoms with Crippen molar-refractivity contribution in [3.63, 3.8) is 0 Å². The maximum atomic E-state index is 7.68. The van der Waals surface area contributed by atoms with Crippen molar-refractivity contribution < 1.29 is 15.2 Å². The van der Waals surface area contributed by atoms with Crippen LogP contribution in [-0.2, 0) is 9.93 Å². The molecule has 0 aromatic carbocycles. The molecule has 3 nitrogen and oxygen atoms in total.